The first kappa shape index (κ1) is 20.1. The van der Waals surface area contributed by atoms with Crippen molar-refractivity contribution >= 4 is 41.0 Å². The normalized spacial score (nSPS) is 16.4. The fourth-order valence-corrected chi connectivity index (χ4v) is 4.56. The minimum atomic E-state index is -0.164. The second-order valence-electron chi connectivity index (χ2n) is 6.59. The van der Waals surface area contributed by atoms with Crippen molar-refractivity contribution in [2.45, 2.75) is 56.1 Å². The number of amides is 1. The van der Waals surface area contributed by atoms with Crippen molar-refractivity contribution in [3.05, 3.63) is 35.6 Å². The number of thioether (sulfide) groups is 1. The summed E-state index contributed by atoms with van der Waals surface area (Å²) in [6.07, 6.45) is 6.57. The molecule has 0 spiro atoms. The van der Waals surface area contributed by atoms with Gasteiger partial charge < -0.3 is 15.5 Å². The first-order valence-electron chi connectivity index (χ1n) is 8.82. The Morgan fingerprint density at radius 2 is 2.04 bits per heavy atom. The van der Waals surface area contributed by atoms with Crippen LogP contribution in [0.5, 0.6) is 0 Å². The van der Waals surface area contributed by atoms with Crippen LogP contribution in [0.25, 0.3) is 11.0 Å². The number of nitrogens with two attached hydrogens (primary N) is 1. The molecule has 4 nitrogen and oxygen atoms in total. The van der Waals surface area contributed by atoms with Crippen LogP contribution >= 0.6 is 24.2 Å². The predicted molar refractivity (Wildman–Crippen MR) is 108 cm³/mol. The molecule has 0 unspecified atom stereocenters. The van der Waals surface area contributed by atoms with Gasteiger partial charge in [-0.25, -0.2) is 0 Å². The van der Waals surface area contributed by atoms with Crippen molar-refractivity contribution in [1.82, 2.24) is 5.32 Å². The minimum absolute atomic E-state index is 0. The SMILES string of the molecule is C[C@@H](CN)NC(=O)c1oc2ccccc2c1CSC1CCCCC1.Cl. The maximum absolute atomic E-state index is 12.6. The Kier molecular flexibility index (Phi) is 7.66. The number of fused-ring (bicyclic) bond motifs is 1. The molecule has 1 aromatic carbocycles. The Bertz CT molecular complexity index is 698. The van der Waals surface area contributed by atoms with Crippen molar-refractivity contribution in [2.75, 3.05) is 6.54 Å². The molecule has 1 atom stereocenters. The van der Waals surface area contributed by atoms with E-state index in [9.17, 15) is 4.79 Å². The summed E-state index contributed by atoms with van der Waals surface area (Å²) in [5, 5.41) is 4.67. The number of para-hydroxylation sites is 1. The number of hydrogen-bond donors (Lipinski definition) is 2. The zero-order valence-electron chi connectivity index (χ0n) is 14.6. The van der Waals surface area contributed by atoms with Gasteiger partial charge in [0.2, 0.25) is 0 Å². The number of furan rings is 1. The molecule has 1 aliphatic carbocycles. The lowest BCUT2D eigenvalue weighted by atomic mass is 10.0. The summed E-state index contributed by atoms with van der Waals surface area (Å²) in [7, 11) is 0. The molecule has 0 radical (unpaired) electrons. The summed E-state index contributed by atoms with van der Waals surface area (Å²) < 4.78 is 5.88. The molecule has 138 valence electrons. The van der Waals surface area contributed by atoms with Gasteiger partial charge in [0.05, 0.1) is 0 Å². The molecule has 2 aromatic rings. The van der Waals surface area contributed by atoms with Crippen LogP contribution in [-0.2, 0) is 5.75 Å². The quantitative estimate of drug-likeness (QED) is 0.771. The van der Waals surface area contributed by atoms with Gasteiger partial charge in [0.1, 0.15) is 5.58 Å². The van der Waals surface area contributed by atoms with E-state index in [-0.39, 0.29) is 24.4 Å². The van der Waals surface area contributed by atoms with E-state index in [0.29, 0.717) is 17.6 Å². The van der Waals surface area contributed by atoms with Gasteiger partial charge in [-0.05, 0) is 25.8 Å². The molecule has 1 aliphatic rings. The number of carbonyl (C=O) groups excluding carboxylic acids is 1. The van der Waals surface area contributed by atoms with Crippen LogP contribution in [0.2, 0.25) is 0 Å². The summed E-state index contributed by atoms with van der Waals surface area (Å²) in [5.41, 5.74) is 7.41. The van der Waals surface area contributed by atoms with Crippen molar-refractivity contribution in [2.24, 2.45) is 5.73 Å². The fourth-order valence-electron chi connectivity index (χ4n) is 3.21. The average Bonchev–Trinajstić information content (AvgIpc) is 2.99. The molecule has 3 rings (SSSR count). The summed E-state index contributed by atoms with van der Waals surface area (Å²) in [4.78, 5) is 12.6. The van der Waals surface area contributed by atoms with E-state index in [1.54, 1.807) is 0 Å². The van der Waals surface area contributed by atoms with Gasteiger partial charge >= 0.3 is 0 Å². The van der Waals surface area contributed by atoms with Gasteiger partial charge in [0.25, 0.3) is 5.91 Å². The van der Waals surface area contributed by atoms with E-state index < -0.39 is 0 Å². The number of rotatable bonds is 6. The summed E-state index contributed by atoms with van der Waals surface area (Å²) in [6, 6.07) is 7.83. The second-order valence-corrected chi connectivity index (χ2v) is 7.88. The first-order chi connectivity index (χ1) is 11.7. The Labute approximate surface area is 159 Å². The van der Waals surface area contributed by atoms with Gasteiger partial charge in [0, 0.05) is 34.5 Å². The van der Waals surface area contributed by atoms with E-state index in [1.165, 1.54) is 32.1 Å². The van der Waals surface area contributed by atoms with Crippen LogP contribution in [-0.4, -0.2) is 23.7 Å². The van der Waals surface area contributed by atoms with Crippen LogP contribution in [0, 0.1) is 0 Å². The highest BCUT2D eigenvalue weighted by Crippen LogP contribution is 2.34. The molecule has 1 saturated carbocycles. The van der Waals surface area contributed by atoms with E-state index >= 15 is 0 Å². The van der Waals surface area contributed by atoms with Crippen LogP contribution in [0.1, 0.15) is 55.1 Å². The third-order valence-corrected chi connectivity index (χ3v) is 6.05. The third-order valence-electron chi connectivity index (χ3n) is 4.65. The van der Waals surface area contributed by atoms with Crippen molar-refractivity contribution < 1.29 is 9.21 Å². The van der Waals surface area contributed by atoms with Gasteiger partial charge in [0.15, 0.2) is 5.76 Å². The molecule has 3 N–H and O–H groups in total. The topological polar surface area (TPSA) is 68.3 Å². The largest absolute Gasteiger partial charge is 0.451 e. The molecule has 6 heteroatoms. The molecule has 0 aliphatic heterocycles. The highest BCUT2D eigenvalue weighted by Gasteiger charge is 2.23. The van der Waals surface area contributed by atoms with Crippen molar-refractivity contribution in [3.8, 4) is 0 Å². The summed E-state index contributed by atoms with van der Waals surface area (Å²) in [5.74, 6) is 1.10. The molecule has 0 bridgehead atoms. The number of halogens is 1. The van der Waals surface area contributed by atoms with Gasteiger partial charge in [-0.15, -0.1) is 12.4 Å². The standard InChI is InChI=1S/C19H26N2O2S.ClH/c1-13(11-20)21-19(22)18-16(12-24-14-7-3-2-4-8-14)15-9-5-6-10-17(15)23-18;/h5-6,9-10,13-14H,2-4,7-8,11-12,20H2,1H3,(H,21,22);1H/t13-;/m0./s1. The second kappa shape index (κ2) is 9.51. The summed E-state index contributed by atoms with van der Waals surface area (Å²) >= 11 is 1.96. The van der Waals surface area contributed by atoms with Gasteiger partial charge in [-0.3, -0.25) is 4.79 Å². The lowest BCUT2D eigenvalue weighted by Crippen LogP contribution is -2.37. The smallest absolute Gasteiger partial charge is 0.287 e. The Morgan fingerprint density at radius 3 is 2.76 bits per heavy atom. The number of carbonyl (C=O) groups is 1. The van der Waals surface area contributed by atoms with Crippen LogP contribution in [0.15, 0.2) is 28.7 Å². The first-order valence-corrected chi connectivity index (χ1v) is 9.87. The predicted octanol–water partition coefficient (Wildman–Crippen LogP) is 4.50. The maximum Gasteiger partial charge on any atom is 0.287 e. The Hall–Kier alpha value is -1.17. The molecule has 1 amide bonds. The van der Waals surface area contributed by atoms with Gasteiger partial charge in [-0.2, -0.15) is 11.8 Å². The zero-order chi connectivity index (χ0) is 16.9. The molecule has 1 heterocycles. The number of benzene rings is 1. The lowest BCUT2D eigenvalue weighted by Gasteiger charge is -2.21. The van der Waals surface area contributed by atoms with Crippen molar-refractivity contribution in [3.63, 3.8) is 0 Å². The zero-order valence-corrected chi connectivity index (χ0v) is 16.3. The number of nitrogens with one attached hydrogen (secondary N) is 1. The Balaban J connectivity index is 0.00000225. The van der Waals surface area contributed by atoms with E-state index in [4.69, 9.17) is 10.2 Å². The number of hydrogen-bond acceptors (Lipinski definition) is 4. The highest BCUT2D eigenvalue weighted by atomic mass is 35.5. The molecule has 25 heavy (non-hydrogen) atoms. The average molecular weight is 383 g/mol. The molecular weight excluding hydrogens is 356 g/mol. The monoisotopic (exact) mass is 382 g/mol. The highest BCUT2D eigenvalue weighted by molar-refractivity contribution is 7.99. The van der Waals surface area contributed by atoms with E-state index in [1.807, 2.05) is 43.0 Å². The van der Waals surface area contributed by atoms with Gasteiger partial charge in [-0.1, -0.05) is 37.5 Å². The van der Waals surface area contributed by atoms with E-state index in [0.717, 1.165) is 22.3 Å². The lowest BCUT2D eigenvalue weighted by molar-refractivity contribution is 0.0914. The minimum Gasteiger partial charge on any atom is -0.451 e. The van der Waals surface area contributed by atoms with Crippen LogP contribution < -0.4 is 11.1 Å². The van der Waals surface area contributed by atoms with Crippen molar-refractivity contribution in [1.29, 1.82) is 0 Å². The molecule has 1 aromatic heterocycles. The third kappa shape index (κ3) is 4.93. The van der Waals surface area contributed by atoms with Crippen LogP contribution in [0.3, 0.4) is 0 Å². The molecular formula is C19H27ClN2O2S. The summed E-state index contributed by atoms with van der Waals surface area (Å²) in [6.45, 7) is 2.31. The Morgan fingerprint density at radius 1 is 1.32 bits per heavy atom. The van der Waals surface area contributed by atoms with Crippen LogP contribution in [0.4, 0.5) is 0 Å². The maximum atomic E-state index is 12.6. The fraction of sp³-hybridized carbons (Fsp3) is 0.526. The van der Waals surface area contributed by atoms with E-state index in [2.05, 4.69) is 5.32 Å². The molecule has 1 fully saturated rings. The molecule has 0 saturated heterocycles.